The number of anilines is 1. The third kappa shape index (κ3) is 4.11. The van der Waals surface area contributed by atoms with Crippen LogP contribution in [0.4, 0.5) is 23.2 Å². The first-order valence-electron chi connectivity index (χ1n) is 5.61. The van der Waals surface area contributed by atoms with Crippen LogP contribution >= 0.6 is 0 Å². The van der Waals surface area contributed by atoms with Crippen molar-refractivity contribution in [1.82, 2.24) is 0 Å². The van der Waals surface area contributed by atoms with Crippen LogP contribution in [-0.4, -0.2) is 17.1 Å². The molecule has 0 aliphatic rings. The summed E-state index contributed by atoms with van der Waals surface area (Å²) in [7, 11) is 0. The van der Waals surface area contributed by atoms with Gasteiger partial charge in [-0.15, -0.1) is 0 Å². The van der Waals surface area contributed by atoms with E-state index in [0.717, 1.165) is 6.07 Å². The second kappa shape index (κ2) is 5.90. The van der Waals surface area contributed by atoms with Crippen LogP contribution in [0.1, 0.15) is 25.3 Å². The second-order valence-corrected chi connectivity index (χ2v) is 4.02. The molecule has 0 aromatic heterocycles. The number of benzene rings is 1. The largest absolute Gasteiger partial charge is 0.480 e. The summed E-state index contributed by atoms with van der Waals surface area (Å²) < 4.78 is 50.5. The molecule has 1 aromatic carbocycles. The van der Waals surface area contributed by atoms with Crippen molar-refractivity contribution in [1.29, 1.82) is 0 Å². The number of aliphatic carboxylic acids is 1. The van der Waals surface area contributed by atoms with Crippen LogP contribution in [0.3, 0.4) is 0 Å². The lowest BCUT2D eigenvalue weighted by molar-refractivity contribution is -0.139. The molecule has 0 bridgehead atoms. The molecule has 3 nitrogen and oxygen atoms in total. The third-order valence-corrected chi connectivity index (χ3v) is 2.50. The Kier molecular flexibility index (Phi) is 4.74. The number of carboxylic acids is 1. The molecule has 0 heterocycles. The summed E-state index contributed by atoms with van der Waals surface area (Å²) in [6.07, 6.45) is -3.84. The fraction of sp³-hybridized carbons (Fsp3) is 0.417. The highest BCUT2D eigenvalue weighted by Gasteiger charge is 2.31. The Bertz CT molecular complexity index is 460. The fourth-order valence-electron chi connectivity index (χ4n) is 1.54. The van der Waals surface area contributed by atoms with Crippen LogP contribution in [0.2, 0.25) is 0 Å². The van der Waals surface area contributed by atoms with Gasteiger partial charge < -0.3 is 10.4 Å². The van der Waals surface area contributed by atoms with Crippen molar-refractivity contribution in [3.63, 3.8) is 0 Å². The minimum atomic E-state index is -4.63. The molecule has 0 aliphatic heterocycles. The van der Waals surface area contributed by atoms with Crippen LogP contribution in [0.5, 0.6) is 0 Å². The number of halogens is 4. The van der Waals surface area contributed by atoms with E-state index in [1.165, 1.54) is 0 Å². The topological polar surface area (TPSA) is 49.3 Å². The van der Waals surface area contributed by atoms with E-state index in [0.29, 0.717) is 18.6 Å². The van der Waals surface area contributed by atoms with Gasteiger partial charge in [-0.3, -0.25) is 0 Å². The number of hydrogen-bond acceptors (Lipinski definition) is 2. The lowest BCUT2D eigenvalue weighted by Crippen LogP contribution is -2.29. The van der Waals surface area contributed by atoms with Crippen LogP contribution in [-0.2, 0) is 11.0 Å². The van der Waals surface area contributed by atoms with Crippen LogP contribution in [0, 0.1) is 5.82 Å². The zero-order valence-corrected chi connectivity index (χ0v) is 10.1. The molecule has 0 fully saturated rings. The van der Waals surface area contributed by atoms with Crippen molar-refractivity contribution in [3.05, 3.63) is 29.6 Å². The van der Waals surface area contributed by atoms with Crippen molar-refractivity contribution in [3.8, 4) is 0 Å². The van der Waals surface area contributed by atoms with Crippen molar-refractivity contribution in [2.75, 3.05) is 5.32 Å². The highest BCUT2D eigenvalue weighted by atomic mass is 19.4. The van der Waals surface area contributed by atoms with E-state index in [-0.39, 0.29) is 12.1 Å². The van der Waals surface area contributed by atoms with Crippen LogP contribution in [0.15, 0.2) is 18.2 Å². The first-order valence-corrected chi connectivity index (χ1v) is 5.61. The maximum absolute atomic E-state index is 13.5. The van der Waals surface area contributed by atoms with Gasteiger partial charge in [-0.2, -0.15) is 13.2 Å². The summed E-state index contributed by atoms with van der Waals surface area (Å²) in [5.74, 6) is -2.31. The molecule has 0 amide bonds. The summed E-state index contributed by atoms with van der Waals surface area (Å²) in [5.41, 5.74) is -1.37. The van der Waals surface area contributed by atoms with Crippen molar-refractivity contribution < 1.29 is 27.5 Å². The number of carbonyl (C=O) groups is 1. The number of rotatable bonds is 5. The summed E-state index contributed by atoms with van der Waals surface area (Å²) in [6.45, 7) is 1.75. The highest BCUT2D eigenvalue weighted by molar-refractivity contribution is 5.77. The van der Waals surface area contributed by atoms with E-state index in [2.05, 4.69) is 5.32 Å². The monoisotopic (exact) mass is 279 g/mol. The normalized spacial score (nSPS) is 13.1. The lowest BCUT2D eigenvalue weighted by Gasteiger charge is -2.16. The Morgan fingerprint density at radius 2 is 2.05 bits per heavy atom. The predicted octanol–water partition coefficient (Wildman–Crippen LogP) is 3.51. The minimum absolute atomic E-state index is 0.246. The van der Waals surface area contributed by atoms with Crippen molar-refractivity contribution >= 4 is 11.7 Å². The molecule has 7 heteroatoms. The van der Waals surface area contributed by atoms with Gasteiger partial charge in [0.2, 0.25) is 0 Å². The summed E-state index contributed by atoms with van der Waals surface area (Å²) in [5, 5.41) is 11.3. The summed E-state index contributed by atoms with van der Waals surface area (Å²) in [6, 6.07) is 0.906. The fourth-order valence-corrected chi connectivity index (χ4v) is 1.54. The van der Waals surface area contributed by atoms with Gasteiger partial charge in [0.15, 0.2) is 0 Å². The number of nitrogens with one attached hydrogen (secondary N) is 1. The molecule has 19 heavy (non-hydrogen) atoms. The Morgan fingerprint density at radius 1 is 1.42 bits per heavy atom. The Hall–Kier alpha value is -1.79. The molecule has 1 atom stereocenters. The quantitative estimate of drug-likeness (QED) is 0.811. The van der Waals surface area contributed by atoms with E-state index < -0.39 is 29.6 Å². The van der Waals surface area contributed by atoms with E-state index in [1.54, 1.807) is 6.92 Å². The maximum atomic E-state index is 13.5. The van der Waals surface area contributed by atoms with Gasteiger partial charge in [0.05, 0.1) is 11.3 Å². The van der Waals surface area contributed by atoms with Crippen molar-refractivity contribution in [2.24, 2.45) is 0 Å². The molecule has 106 valence electrons. The number of hydrogen-bond donors (Lipinski definition) is 2. The van der Waals surface area contributed by atoms with Gasteiger partial charge in [-0.25, -0.2) is 9.18 Å². The minimum Gasteiger partial charge on any atom is -0.480 e. The van der Waals surface area contributed by atoms with Crippen LogP contribution in [0.25, 0.3) is 0 Å². The molecule has 0 aliphatic carbocycles. The van der Waals surface area contributed by atoms with E-state index in [1.807, 2.05) is 0 Å². The zero-order valence-electron chi connectivity index (χ0n) is 10.1. The second-order valence-electron chi connectivity index (χ2n) is 4.02. The highest BCUT2D eigenvalue weighted by Crippen LogP contribution is 2.31. The average Bonchev–Trinajstić information content (AvgIpc) is 2.29. The molecular formula is C12H13F4NO2. The van der Waals surface area contributed by atoms with Gasteiger partial charge in [0.1, 0.15) is 11.9 Å². The smallest absolute Gasteiger partial charge is 0.416 e. The Balaban J connectivity index is 2.93. The first-order chi connectivity index (χ1) is 8.75. The Morgan fingerprint density at radius 3 is 2.47 bits per heavy atom. The van der Waals surface area contributed by atoms with E-state index >= 15 is 0 Å². The van der Waals surface area contributed by atoms with Gasteiger partial charge >= 0.3 is 12.1 Å². The molecular weight excluding hydrogens is 266 g/mol. The molecule has 1 rings (SSSR count). The first kappa shape index (κ1) is 15.3. The van der Waals surface area contributed by atoms with E-state index in [9.17, 15) is 22.4 Å². The standard InChI is InChI=1S/C12H13F4NO2/c1-2-3-10(11(18)19)17-9-5-4-7(6-8(9)13)12(14,15)16/h4-6,10,17H,2-3H2,1H3,(H,18,19). The van der Waals surface area contributed by atoms with Gasteiger partial charge in [-0.1, -0.05) is 13.3 Å². The van der Waals surface area contributed by atoms with Gasteiger partial charge in [0.25, 0.3) is 0 Å². The maximum Gasteiger partial charge on any atom is 0.416 e. The Labute approximate surface area is 107 Å². The molecule has 1 unspecified atom stereocenters. The SMILES string of the molecule is CCCC(Nc1ccc(C(F)(F)F)cc1F)C(=O)O. The van der Waals surface area contributed by atoms with Gasteiger partial charge in [0, 0.05) is 0 Å². The molecule has 2 N–H and O–H groups in total. The van der Waals surface area contributed by atoms with Crippen LogP contribution < -0.4 is 5.32 Å². The van der Waals surface area contributed by atoms with Crippen molar-refractivity contribution in [2.45, 2.75) is 32.0 Å². The van der Waals surface area contributed by atoms with Gasteiger partial charge in [-0.05, 0) is 24.6 Å². The molecule has 0 saturated carbocycles. The number of carboxylic acid groups (broad SMARTS) is 1. The predicted molar refractivity (Wildman–Crippen MR) is 61.4 cm³/mol. The number of alkyl halides is 3. The summed E-state index contributed by atoms with van der Waals surface area (Å²) in [4.78, 5) is 10.9. The third-order valence-electron chi connectivity index (χ3n) is 2.50. The molecule has 0 saturated heterocycles. The molecule has 0 radical (unpaired) electrons. The lowest BCUT2D eigenvalue weighted by atomic mass is 10.1. The van der Waals surface area contributed by atoms with E-state index in [4.69, 9.17) is 5.11 Å². The molecule has 0 spiro atoms. The zero-order chi connectivity index (χ0) is 14.6. The summed E-state index contributed by atoms with van der Waals surface area (Å²) >= 11 is 0. The average molecular weight is 279 g/mol. The molecule has 1 aromatic rings.